The lowest BCUT2D eigenvalue weighted by Gasteiger charge is -2.31. The van der Waals surface area contributed by atoms with Crippen molar-refractivity contribution >= 4 is 5.78 Å². The number of benzene rings is 1. The van der Waals surface area contributed by atoms with Crippen LogP contribution >= 0.6 is 0 Å². The predicted octanol–water partition coefficient (Wildman–Crippen LogP) is 4.19. The Kier molecular flexibility index (Phi) is 3.24. The van der Waals surface area contributed by atoms with Crippen molar-refractivity contribution in [3.63, 3.8) is 0 Å². The Bertz CT molecular complexity index is 486. The zero-order valence-electron chi connectivity index (χ0n) is 12.1. The zero-order valence-corrected chi connectivity index (χ0v) is 12.1. The molecule has 19 heavy (non-hydrogen) atoms. The van der Waals surface area contributed by atoms with Gasteiger partial charge in [-0.25, -0.2) is 0 Å². The first-order chi connectivity index (χ1) is 9.08. The summed E-state index contributed by atoms with van der Waals surface area (Å²) in [6.07, 6.45) is 6.67. The second kappa shape index (κ2) is 4.77. The highest BCUT2D eigenvalue weighted by Gasteiger charge is 2.41. The summed E-state index contributed by atoms with van der Waals surface area (Å²) in [6.45, 7) is 4.55. The van der Waals surface area contributed by atoms with Gasteiger partial charge in [-0.2, -0.15) is 0 Å². The lowest BCUT2D eigenvalue weighted by atomic mass is 9.72. The molecule has 0 amide bonds. The predicted molar refractivity (Wildman–Crippen MR) is 78.1 cm³/mol. The van der Waals surface area contributed by atoms with E-state index in [2.05, 4.69) is 38.1 Å². The van der Waals surface area contributed by atoms with E-state index < -0.39 is 0 Å². The van der Waals surface area contributed by atoms with Gasteiger partial charge in [0.05, 0.1) is 0 Å². The van der Waals surface area contributed by atoms with E-state index in [0.29, 0.717) is 11.7 Å². The molecule has 0 heterocycles. The van der Waals surface area contributed by atoms with Crippen LogP contribution in [0.4, 0.5) is 0 Å². The Morgan fingerprint density at radius 2 is 1.89 bits per heavy atom. The largest absolute Gasteiger partial charge is 0.299 e. The lowest BCUT2D eigenvalue weighted by Crippen LogP contribution is -2.33. The first-order valence-electron chi connectivity index (χ1n) is 7.68. The van der Waals surface area contributed by atoms with Gasteiger partial charge in [0.25, 0.3) is 0 Å². The van der Waals surface area contributed by atoms with Crippen LogP contribution in [0.5, 0.6) is 0 Å². The molecule has 1 fully saturated rings. The van der Waals surface area contributed by atoms with Gasteiger partial charge in [-0.15, -0.1) is 0 Å². The summed E-state index contributed by atoms with van der Waals surface area (Å²) in [7, 11) is 0. The molecule has 0 aromatic heterocycles. The smallest absolute Gasteiger partial charge is 0.139 e. The van der Waals surface area contributed by atoms with E-state index in [0.717, 1.165) is 25.7 Å². The molecule has 0 N–H and O–H groups in total. The van der Waals surface area contributed by atoms with Gasteiger partial charge < -0.3 is 0 Å². The van der Waals surface area contributed by atoms with Gasteiger partial charge >= 0.3 is 0 Å². The normalized spacial score (nSPS) is 28.9. The quantitative estimate of drug-likeness (QED) is 0.775. The van der Waals surface area contributed by atoms with Gasteiger partial charge in [-0.3, -0.25) is 4.79 Å². The molecule has 1 aromatic carbocycles. The van der Waals surface area contributed by atoms with Crippen molar-refractivity contribution < 1.29 is 4.79 Å². The third kappa shape index (κ3) is 2.35. The van der Waals surface area contributed by atoms with E-state index in [9.17, 15) is 4.79 Å². The fourth-order valence-electron chi connectivity index (χ4n) is 4.08. The Morgan fingerprint density at radius 1 is 1.16 bits per heavy atom. The zero-order chi connectivity index (χ0) is 13.5. The number of Topliss-reactive ketones (excluding diaryl/α,β-unsaturated/α-hetero) is 1. The molecule has 2 atom stereocenters. The minimum absolute atomic E-state index is 0.230. The maximum Gasteiger partial charge on any atom is 0.139 e. The number of hydrogen-bond acceptors (Lipinski definition) is 1. The monoisotopic (exact) mass is 256 g/mol. The van der Waals surface area contributed by atoms with E-state index >= 15 is 0 Å². The molecule has 102 valence electrons. The van der Waals surface area contributed by atoms with Crippen LogP contribution in [0.25, 0.3) is 0 Å². The molecular formula is C18H24O. The SMILES string of the molecule is CC1(C)CCCC1C(=O)C1CCc2ccccc2C1. The molecule has 2 aliphatic rings. The van der Waals surface area contributed by atoms with Crippen LogP contribution in [-0.4, -0.2) is 5.78 Å². The molecule has 0 bridgehead atoms. The van der Waals surface area contributed by atoms with Gasteiger partial charge in [0.1, 0.15) is 5.78 Å². The number of hydrogen-bond donors (Lipinski definition) is 0. The van der Waals surface area contributed by atoms with Gasteiger partial charge in [-0.05, 0) is 48.6 Å². The highest BCUT2D eigenvalue weighted by Crippen LogP contribution is 2.45. The summed E-state index contributed by atoms with van der Waals surface area (Å²) in [5.41, 5.74) is 3.09. The molecule has 1 nitrogen and oxygen atoms in total. The summed E-state index contributed by atoms with van der Waals surface area (Å²) >= 11 is 0. The highest BCUT2D eigenvalue weighted by molar-refractivity contribution is 5.85. The Labute approximate surface area is 116 Å². The van der Waals surface area contributed by atoms with Crippen LogP contribution in [0, 0.1) is 17.3 Å². The number of ketones is 1. The van der Waals surface area contributed by atoms with Gasteiger partial charge in [0.2, 0.25) is 0 Å². The fraction of sp³-hybridized carbons (Fsp3) is 0.611. The maximum absolute atomic E-state index is 12.8. The lowest BCUT2D eigenvalue weighted by molar-refractivity contribution is -0.129. The van der Waals surface area contributed by atoms with Gasteiger partial charge in [-0.1, -0.05) is 44.5 Å². The molecule has 0 saturated heterocycles. The molecular weight excluding hydrogens is 232 g/mol. The average molecular weight is 256 g/mol. The third-order valence-corrected chi connectivity index (χ3v) is 5.35. The molecule has 3 rings (SSSR count). The van der Waals surface area contributed by atoms with Crippen molar-refractivity contribution in [3.8, 4) is 0 Å². The molecule has 2 aliphatic carbocycles. The summed E-state index contributed by atoms with van der Waals surface area (Å²) in [6, 6.07) is 8.64. The van der Waals surface area contributed by atoms with Crippen molar-refractivity contribution in [2.24, 2.45) is 17.3 Å². The molecule has 1 aromatic rings. The van der Waals surface area contributed by atoms with Crippen molar-refractivity contribution in [2.45, 2.75) is 52.4 Å². The van der Waals surface area contributed by atoms with Crippen LogP contribution in [0.2, 0.25) is 0 Å². The number of fused-ring (bicyclic) bond motifs is 1. The topological polar surface area (TPSA) is 17.1 Å². The van der Waals surface area contributed by atoms with Crippen molar-refractivity contribution in [1.29, 1.82) is 0 Å². The Balaban J connectivity index is 1.76. The second-order valence-corrected chi connectivity index (χ2v) is 7.04. The van der Waals surface area contributed by atoms with Crippen molar-refractivity contribution in [2.75, 3.05) is 0 Å². The first-order valence-corrected chi connectivity index (χ1v) is 7.68. The fourth-order valence-corrected chi connectivity index (χ4v) is 4.08. The van der Waals surface area contributed by atoms with Crippen LogP contribution in [0.3, 0.4) is 0 Å². The van der Waals surface area contributed by atoms with Crippen molar-refractivity contribution in [1.82, 2.24) is 0 Å². The maximum atomic E-state index is 12.8. The minimum atomic E-state index is 0.230. The van der Waals surface area contributed by atoms with E-state index in [1.54, 1.807) is 0 Å². The molecule has 0 aliphatic heterocycles. The third-order valence-electron chi connectivity index (χ3n) is 5.35. The average Bonchev–Trinajstić information content (AvgIpc) is 2.77. The summed E-state index contributed by atoms with van der Waals surface area (Å²) in [4.78, 5) is 12.8. The molecule has 1 heteroatoms. The summed E-state index contributed by atoms with van der Waals surface area (Å²) < 4.78 is 0. The van der Waals surface area contributed by atoms with E-state index in [4.69, 9.17) is 0 Å². The molecule has 0 radical (unpaired) electrons. The number of aryl methyl sites for hydroxylation is 1. The standard InChI is InChI=1S/C18H24O/c1-18(2)11-5-8-16(18)17(19)15-10-9-13-6-3-4-7-14(13)12-15/h3-4,6-7,15-16H,5,8-12H2,1-2H3. The van der Waals surface area contributed by atoms with E-state index in [1.165, 1.54) is 24.0 Å². The minimum Gasteiger partial charge on any atom is -0.299 e. The van der Waals surface area contributed by atoms with E-state index in [-0.39, 0.29) is 11.3 Å². The number of carbonyl (C=O) groups excluding carboxylic acids is 1. The summed E-state index contributed by atoms with van der Waals surface area (Å²) in [5, 5.41) is 0. The van der Waals surface area contributed by atoms with Crippen LogP contribution in [0.15, 0.2) is 24.3 Å². The number of carbonyl (C=O) groups is 1. The van der Waals surface area contributed by atoms with Crippen molar-refractivity contribution in [3.05, 3.63) is 35.4 Å². The molecule has 0 spiro atoms. The van der Waals surface area contributed by atoms with Crippen LogP contribution in [0.1, 0.15) is 50.7 Å². The van der Waals surface area contributed by atoms with E-state index in [1.807, 2.05) is 0 Å². The molecule has 2 unspecified atom stereocenters. The van der Waals surface area contributed by atoms with Gasteiger partial charge in [0, 0.05) is 11.8 Å². The summed E-state index contributed by atoms with van der Waals surface area (Å²) in [5.74, 6) is 1.14. The number of rotatable bonds is 2. The Morgan fingerprint density at radius 3 is 2.58 bits per heavy atom. The Hall–Kier alpha value is -1.11. The molecule has 1 saturated carbocycles. The van der Waals surface area contributed by atoms with Crippen LogP contribution < -0.4 is 0 Å². The highest BCUT2D eigenvalue weighted by atomic mass is 16.1. The van der Waals surface area contributed by atoms with Gasteiger partial charge in [0.15, 0.2) is 0 Å². The second-order valence-electron chi connectivity index (χ2n) is 7.04. The first kappa shape index (κ1) is 12.9. The van der Waals surface area contributed by atoms with Crippen LogP contribution in [-0.2, 0) is 17.6 Å².